The minimum absolute atomic E-state index is 0.189. The number of hydrogen-bond donors (Lipinski definition) is 1. The number of carbonyl (C=O) groups excluding carboxylic acids is 2. The van der Waals surface area contributed by atoms with Crippen molar-refractivity contribution in [1.82, 2.24) is 9.62 Å². The van der Waals surface area contributed by atoms with E-state index in [-0.39, 0.29) is 11.5 Å². The number of benzene rings is 1. The van der Waals surface area contributed by atoms with Crippen LogP contribution in [0.2, 0.25) is 0 Å². The Morgan fingerprint density at radius 2 is 1.88 bits per heavy atom. The number of amides is 1. The molecule has 0 aliphatic carbocycles. The number of esters is 1. The summed E-state index contributed by atoms with van der Waals surface area (Å²) in [7, 11) is -2.09. The Morgan fingerprint density at radius 3 is 2.48 bits per heavy atom. The molecule has 0 spiro atoms. The first-order valence-corrected chi connectivity index (χ1v) is 9.11. The highest BCUT2D eigenvalue weighted by Gasteiger charge is 2.25. The molecule has 25 heavy (non-hydrogen) atoms. The minimum atomic E-state index is -3.54. The molecule has 0 aromatic heterocycles. The zero-order valence-corrected chi connectivity index (χ0v) is 14.6. The van der Waals surface area contributed by atoms with Crippen molar-refractivity contribution in [1.29, 1.82) is 0 Å². The molecule has 1 aliphatic rings. The first kappa shape index (κ1) is 19.1. The lowest BCUT2D eigenvalue weighted by atomic mass is 10.2. The predicted octanol–water partition coefficient (Wildman–Crippen LogP) is 0.00990. The van der Waals surface area contributed by atoms with Gasteiger partial charge in [-0.25, -0.2) is 13.2 Å². The Labute approximate surface area is 146 Å². The van der Waals surface area contributed by atoms with Crippen LogP contribution in [0.25, 0.3) is 6.08 Å². The molecule has 136 valence electrons. The summed E-state index contributed by atoms with van der Waals surface area (Å²) in [6, 6.07) is 6.16. The maximum atomic E-state index is 12.5. The normalized spacial score (nSPS) is 15.9. The van der Waals surface area contributed by atoms with Crippen molar-refractivity contribution in [3.05, 3.63) is 35.9 Å². The van der Waals surface area contributed by atoms with Gasteiger partial charge in [0.15, 0.2) is 6.61 Å². The highest BCUT2D eigenvalue weighted by molar-refractivity contribution is 7.89. The van der Waals surface area contributed by atoms with Gasteiger partial charge in [-0.1, -0.05) is 12.1 Å². The highest BCUT2D eigenvalue weighted by Crippen LogP contribution is 2.18. The molecule has 1 heterocycles. The third-order valence-corrected chi connectivity index (χ3v) is 5.44. The molecular weight excluding hydrogens is 348 g/mol. The molecule has 1 fully saturated rings. The van der Waals surface area contributed by atoms with Crippen LogP contribution in [0.3, 0.4) is 0 Å². The number of hydrogen-bond acceptors (Lipinski definition) is 6. The van der Waals surface area contributed by atoms with E-state index in [1.807, 2.05) is 0 Å². The van der Waals surface area contributed by atoms with Crippen LogP contribution < -0.4 is 5.32 Å². The molecule has 1 aliphatic heterocycles. The lowest BCUT2D eigenvalue weighted by Crippen LogP contribution is -2.40. The molecule has 9 heteroatoms. The number of morpholine rings is 1. The van der Waals surface area contributed by atoms with E-state index in [1.54, 1.807) is 12.1 Å². The molecule has 0 bridgehead atoms. The van der Waals surface area contributed by atoms with E-state index in [1.165, 1.54) is 35.6 Å². The number of ether oxygens (including phenoxy) is 2. The summed E-state index contributed by atoms with van der Waals surface area (Å²) in [6.45, 7) is 1.09. The smallest absolute Gasteiger partial charge is 0.331 e. The number of nitrogens with zero attached hydrogens (tertiary/aromatic N) is 1. The van der Waals surface area contributed by atoms with E-state index < -0.39 is 21.9 Å². The summed E-state index contributed by atoms with van der Waals surface area (Å²) in [5.74, 6) is -1.06. The van der Waals surface area contributed by atoms with Gasteiger partial charge in [0.05, 0.1) is 18.1 Å². The Hall–Kier alpha value is -2.23. The fraction of sp³-hybridized carbons (Fsp3) is 0.375. The summed E-state index contributed by atoms with van der Waals surface area (Å²) in [4.78, 5) is 22.6. The summed E-state index contributed by atoms with van der Waals surface area (Å²) >= 11 is 0. The average molecular weight is 368 g/mol. The molecule has 0 atom stereocenters. The fourth-order valence-corrected chi connectivity index (χ4v) is 3.52. The fourth-order valence-electron chi connectivity index (χ4n) is 2.11. The Morgan fingerprint density at radius 1 is 1.24 bits per heavy atom. The molecule has 8 nitrogen and oxygen atoms in total. The molecule has 0 radical (unpaired) electrons. The monoisotopic (exact) mass is 368 g/mol. The van der Waals surface area contributed by atoms with Gasteiger partial charge in [-0.2, -0.15) is 4.31 Å². The van der Waals surface area contributed by atoms with E-state index in [0.717, 1.165) is 0 Å². The van der Waals surface area contributed by atoms with Crippen LogP contribution in [0.4, 0.5) is 0 Å². The first-order chi connectivity index (χ1) is 11.9. The van der Waals surface area contributed by atoms with Crippen molar-refractivity contribution in [3.8, 4) is 0 Å². The maximum absolute atomic E-state index is 12.5. The average Bonchev–Trinajstić information content (AvgIpc) is 2.65. The second kappa shape index (κ2) is 8.75. The molecular formula is C16H20N2O6S. The van der Waals surface area contributed by atoms with Crippen LogP contribution in [0, 0.1) is 0 Å². The van der Waals surface area contributed by atoms with E-state index in [2.05, 4.69) is 5.32 Å². The van der Waals surface area contributed by atoms with Crippen LogP contribution >= 0.6 is 0 Å². The molecule has 1 saturated heterocycles. The SMILES string of the molecule is CNC(=O)COC(=O)C=Cc1ccc(S(=O)(=O)N2CCOCC2)cc1. The van der Waals surface area contributed by atoms with Gasteiger partial charge in [0.25, 0.3) is 5.91 Å². The predicted molar refractivity (Wildman–Crippen MR) is 90.1 cm³/mol. The van der Waals surface area contributed by atoms with E-state index in [0.29, 0.717) is 31.9 Å². The zero-order valence-electron chi connectivity index (χ0n) is 13.8. The van der Waals surface area contributed by atoms with Crippen LogP contribution in [-0.4, -0.2) is 64.6 Å². The molecule has 2 rings (SSSR count). The molecule has 0 unspecified atom stereocenters. The van der Waals surface area contributed by atoms with E-state index in [4.69, 9.17) is 9.47 Å². The minimum Gasteiger partial charge on any atom is -0.452 e. The van der Waals surface area contributed by atoms with Gasteiger partial charge in [-0.15, -0.1) is 0 Å². The molecule has 1 aromatic rings. The topological polar surface area (TPSA) is 102 Å². The van der Waals surface area contributed by atoms with E-state index >= 15 is 0 Å². The quantitative estimate of drug-likeness (QED) is 0.561. The van der Waals surface area contributed by atoms with Gasteiger partial charge in [-0.05, 0) is 23.8 Å². The van der Waals surface area contributed by atoms with E-state index in [9.17, 15) is 18.0 Å². The van der Waals surface area contributed by atoms with Crippen molar-refractivity contribution in [2.24, 2.45) is 0 Å². The summed E-state index contributed by atoms with van der Waals surface area (Å²) in [6.07, 6.45) is 2.66. The Bertz CT molecular complexity index is 736. The van der Waals surface area contributed by atoms with Gasteiger partial charge in [0.2, 0.25) is 10.0 Å². The van der Waals surface area contributed by atoms with Crippen molar-refractivity contribution < 1.29 is 27.5 Å². The molecule has 1 amide bonds. The number of rotatable bonds is 6. The van der Waals surface area contributed by atoms with Gasteiger partial charge in [0.1, 0.15) is 0 Å². The summed E-state index contributed by atoms with van der Waals surface area (Å²) in [5, 5.41) is 2.33. The second-order valence-electron chi connectivity index (χ2n) is 5.20. The van der Waals surface area contributed by atoms with Crippen molar-refractivity contribution in [2.45, 2.75) is 4.90 Å². The van der Waals surface area contributed by atoms with Crippen molar-refractivity contribution in [2.75, 3.05) is 40.0 Å². The Balaban J connectivity index is 1.98. The third kappa shape index (κ3) is 5.38. The summed E-state index contributed by atoms with van der Waals surface area (Å²) in [5.41, 5.74) is 0.637. The zero-order chi connectivity index (χ0) is 18.3. The molecule has 1 N–H and O–H groups in total. The van der Waals surface area contributed by atoms with Crippen LogP contribution in [0.5, 0.6) is 0 Å². The lowest BCUT2D eigenvalue weighted by Gasteiger charge is -2.26. The summed E-state index contributed by atoms with van der Waals surface area (Å²) < 4.78 is 36.2. The van der Waals surface area contributed by atoms with Gasteiger partial charge < -0.3 is 14.8 Å². The number of sulfonamides is 1. The number of nitrogens with one attached hydrogen (secondary N) is 1. The van der Waals surface area contributed by atoms with Crippen molar-refractivity contribution in [3.63, 3.8) is 0 Å². The van der Waals surface area contributed by atoms with Gasteiger partial charge in [-0.3, -0.25) is 4.79 Å². The lowest BCUT2D eigenvalue weighted by molar-refractivity contribution is -0.143. The highest BCUT2D eigenvalue weighted by atomic mass is 32.2. The van der Waals surface area contributed by atoms with Gasteiger partial charge in [0, 0.05) is 26.2 Å². The number of likely N-dealkylation sites (N-methyl/N-ethyl adjacent to an activating group) is 1. The molecule has 0 saturated carbocycles. The Kier molecular flexibility index (Phi) is 6.68. The standard InChI is InChI=1S/C16H20N2O6S/c1-17-15(19)12-24-16(20)7-4-13-2-5-14(6-3-13)25(21,22)18-8-10-23-11-9-18/h2-7H,8-12H2,1H3,(H,17,19). The maximum Gasteiger partial charge on any atom is 0.331 e. The van der Waals surface area contributed by atoms with Crippen molar-refractivity contribution >= 4 is 28.0 Å². The third-order valence-electron chi connectivity index (χ3n) is 3.52. The van der Waals surface area contributed by atoms with Crippen LogP contribution in [-0.2, 0) is 29.1 Å². The van der Waals surface area contributed by atoms with Gasteiger partial charge >= 0.3 is 5.97 Å². The largest absolute Gasteiger partial charge is 0.452 e. The molecule has 1 aromatic carbocycles. The second-order valence-corrected chi connectivity index (χ2v) is 7.14. The first-order valence-electron chi connectivity index (χ1n) is 7.67. The van der Waals surface area contributed by atoms with Crippen LogP contribution in [0.1, 0.15) is 5.56 Å². The number of carbonyl (C=O) groups is 2. The van der Waals surface area contributed by atoms with Crippen LogP contribution in [0.15, 0.2) is 35.2 Å².